The molecule has 0 heterocycles. The first-order valence-electron chi connectivity index (χ1n) is 6.41. The minimum atomic E-state index is -4.51. The van der Waals surface area contributed by atoms with Crippen molar-refractivity contribution in [3.63, 3.8) is 0 Å². The first-order valence-corrected chi connectivity index (χ1v) is 6.41. The normalized spacial score (nSPS) is 17.4. The van der Waals surface area contributed by atoms with Crippen molar-refractivity contribution >= 4 is 5.97 Å². The first kappa shape index (κ1) is 14.7. The lowest BCUT2D eigenvalue weighted by Gasteiger charge is -2.31. The van der Waals surface area contributed by atoms with Gasteiger partial charge in [0.1, 0.15) is 12.4 Å². The maximum atomic E-state index is 12.8. The van der Waals surface area contributed by atoms with Crippen LogP contribution in [0.15, 0.2) is 24.3 Å². The third-order valence-electron chi connectivity index (χ3n) is 3.65. The number of para-hydroxylation sites is 1. The van der Waals surface area contributed by atoms with Crippen molar-refractivity contribution in [3.05, 3.63) is 29.8 Å². The number of ether oxygens (including phenoxy) is 1. The summed E-state index contributed by atoms with van der Waals surface area (Å²) in [6.45, 7) is -0.229. The van der Waals surface area contributed by atoms with Gasteiger partial charge in [0.15, 0.2) is 0 Å². The fourth-order valence-electron chi connectivity index (χ4n) is 2.26. The Bertz CT molecular complexity index is 481. The van der Waals surface area contributed by atoms with Gasteiger partial charge >= 0.3 is 12.1 Å². The number of carbonyl (C=O) groups is 1. The summed E-state index contributed by atoms with van der Waals surface area (Å²) in [5.74, 6) is -2.07. The Balaban J connectivity index is 2.08. The highest BCUT2D eigenvalue weighted by Crippen LogP contribution is 2.37. The molecule has 1 unspecified atom stereocenters. The van der Waals surface area contributed by atoms with Gasteiger partial charge in [-0.2, -0.15) is 13.2 Å². The molecule has 0 saturated heterocycles. The Morgan fingerprint density at radius 2 is 2.00 bits per heavy atom. The molecule has 0 aromatic heterocycles. The third-order valence-corrected chi connectivity index (χ3v) is 3.65. The van der Waals surface area contributed by atoms with Crippen LogP contribution in [0.2, 0.25) is 0 Å². The quantitative estimate of drug-likeness (QED) is 0.900. The van der Waals surface area contributed by atoms with E-state index in [1.165, 1.54) is 18.2 Å². The van der Waals surface area contributed by atoms with Gasteiger partial charge in [-0.1, -0.05) is 18.6 Å². The number of hydrogen-bond acceptors (Lipinski definition) is 2. The van der Waals surface area contributed by atoms with E-state index in [4.69, 9.17) is 9.84 Å². The summed E-state index contributed by atoms with van der Waals surface area (Å²) in [5.41, 5.74) is -0.877. The third kappa shape index (κ3) is 3.23. The molecule has 2 rings (SSSR count). The number of halogens is 3. The predicted octanol–water partition coefficient (Wildman–Crippen LogP) is 3.59. The van der Waals surface area contributed by atoms with Gasteiger partial charge in [-0.15, -0.1) is 0 Å². The molecule has 3 nitrogen and oxygen atoms in total. The lowest BCUT2D eigenvalue weighted by Crippen LogP contribution is -2.33. The van der Waals surface area contributed by atoms with Crippen molar-refractivity contribution in [2.75, 3.05) is 6.61 Å². The summed E-state index contributed by atoms with van der Waals surface area (Å²) in [6.07, 6.45) is -1.96. The maximum Gasteiger partial charge on any atom is 0.419 e. The van der Waals surface area contributed by atoms with Crippen molar-refractivity contribution in [2.45, 2.75) is 25.4 Å². The van der Waals surface area contributed by atoms with E-state index >= 15 is 0 Å². The van der Waals surface area contributed by atoms with Gasteiger partial charge in [-0.05, 0) is 30.9 Å². The summed E-state index contributed by atoms with van der Waals surface area (Å²) >= 11 is 0. The standard InChI is InChI=1S/C14H15F3O3/c15-14(16,17)11-6-1-2-7-12(11)20-8-10(13(18)19)9-4-3-5-9/h1-2,6-7,9-10H,3-5,8H2,(H,18,19). The SMILES string of the molecule is O=C(O)C(COc1ccccc1C(F)(F)F)C1CCC1. The van der Waals surface area contributed by atoms with Gasteiger partial charge < -0.3 is 9.84 Å². The molecule has 1 aromatic carbocycles. The van der Waals surface area contributed by atoms with Crippen LogP contribution in [0.5, 0.6) is 5.75 Å². The van der Waals surface area contributed by atoms with E-state index in [1.807, 2.05) is 0 Å². The van der Waals surface area contributed by atoms with Crippen molar-refractivity contribution in [1.82, 2.24) is 0 Å². The van der Waals surface area contributed by atoms with Crippen LogP contribution in [0.3, 0.4) is 0 Å². The molecule has 0 spiro atoms. The molecule has 1 aliphatic rings. The van der Waals surface area contributed by atoms with Crippen molar-refractivity contribution < 1.29 is 27.8 Å². The highest BCUT2D eigenvalue weighted by Gasteiger charge is 2.36. The molecule has 1 aromatic rings. The number of alkyl halides is 3. The summed E-state index contributed by atoms with van der Waals surface area (Å²) in [5, 5.41) is 9.11. The van der Waals surface area contributed by atoms with E-state index in [2.05, 4.69) is 0 Å². The lowest BCUT2D eigenvalue weighted by molar-refractivity contribution is -0.146. The zero-order valence-corrected chi connectivity index (χ0v) is 10.7. The maximum absolute atomic E-state index is 12.8. The van der Waals surface area contributed by atoms with E-state index in [9.17, 15) is 18.0 Å². The average Bonchev–Trinajstić information content (AvgIpc) is 2.30. The molecule has 1 saturated carbocycles. The summed E-state index contributed by atoms with van der Waals surface area (Å²) in [7, 11) is 0. The lowest BCUT2D eigenvalue weighted by atomic mass is 9.76. The van der Waals surface area contributed by atoms with Gasteiger partial charge in [0.2, 0.25) is 0 Å². The molecule has 110 valence electrons. The smallest absolute Gasteiger partial charge is 0.419 e. The summed E-state index contributed by atoms with van der Waals surface area (Å²) in [6, 6.07) is 4.84. The number of hydrogen-bond donors (Lipinski definition) is 1. The van der Waals surface area contributed by atoms with Crippen LogP contribution in [0.1, 0.15) is 24.8 Å². The minimum Gasteiger partial charge on any atom is -0.492 e. The van der Waals surface area contributed by atoms with Gasteiger partial charge in [-0.25, -0.2) is 0 Å². The van der Waals surface area contributed by atoms with Crippen LogP contribution in [0.4, 0.5) is 13.2 Å². The zero-order valence-electron chi connectivity index (χ0n) is 10.7. The molecule has 6 heteroatoms. The molecule has 0 amide bonds. The van der Waals surface area contributed by atoms with Crippen LogP contribution in [-0.4, -0.2) is 17.7 Å². The first-order chi connectivity index (χ1) is 9.39. The number of rotatable bonds is 5. The minimum absolute atomic E-state index is 0.00514. The van der Waals surface area contributed by atoms with Crippen LogP contribution in [-0.2, 0) is 11.0 Å². The van der Waals surface area contributed by atoms with Gasteiger partial charge in [-0.3, -0.25) is 4.79 Å². The predicted molar refractivity (Wildman–Crippen MR) is 65.4 cm³/mol. The zero-order chi connectivity index (χ0) is 14.8. The Morgan fingerprint density at radius 3 is 2.50 bits per heavy atom. The fourth-order valence-corrected chi connectivity index (χ4v) is 2.26. The molecule has 0 bridgehead atoms. The summed E-state index contributed by atoms with van der Waals surface area (Å²) < 4.78 is 43.5. The van der Waals surface area contributed by atoms with Crippen LogP contribution in [0, 0.1) is 11.8 Å². The van der Waals surface area contributed by atoms with Crippen LogP contribution >= 0.6 is 0 Å². The van der Waals surface area contributed by atoms with E-state index in [-0.39, 0.29) is 18.3 Å². The summed E-state index contributed by atoms with van der Waals surface area (Å²) in [4.78, 5) is 11.1. The molecule has 0 radical (unpaired) electrons. The molecule has 1 fully saturated rings. The Morgan fingerprint density at radius 1 is 1.35 bits per heavy atom. The second-order valence-corrected chi connectivity index (χ2v) is 4.94. The Labute approximate surface area is 114 Å². The molecule has 1 aliphatic carbocycles. The molecule has 1 atom stereocenters. The van der Waals surface area contributed by atoms with Gasteiger partial charge in [0, 0.05) is 0 Å². The second kappa shape index (κ2) is 5.73. The molecular weight excluding hydrogens is 273 g/mol. The molecule has 0 aliphatic heterocycles. The van der Waals surface area contributed by atoms with Crippen LogP contribution in [0.25, 0.3) is 0 Å². The fraction of sp³-hybridized carbons (Fsp3) is 0.500. The average molecular weight is 288 g/mol. The number of carboxylic acids is 1. The van der Waals surface area contributed by atoms with Crippen molar-refractivity contribution in [3.8, 4) is 5.75 Å². The van der Waals surface area contributed by atoms with Gasteiger partial charge in [0.05, 0.1) is 11.5 Å². The van der Waals surface area contributed by atoms with E-state index in [0.29, 0.717) is 0 Å². The van der Waals surface area contributed by atoms with Crippen molar-refractivity contribution in [1.29, 1.82) is 0 Å². The monoisotopic (exact) mass is 288 g/mol. The highest BCUT2D eigenvalue weighted by molar-refractivity contribution is 5.70. The number of carboxylic acid groups (broad SMARTS) is 1. The largest absolute Gasteiger partial charge is 0.492 e. The molecule has 20 heavy (non-hydrogen) atoms. The topological polar surface area (TPSA) is 46.5 Å². The molecular formula is C14H15F3O3. The number of benzene rings is 1. The van der Waals surface area contributed by atoms with E-state index in [1.54, 1.807) is 0 Å². The Hall–Kier alpha value is -1.72. The van der Waals surface area contributed by atoms with Crippen molar-refractivity contribution in [2.24, 2.45) is 11.8 Å². The van der Waals surface area contributed by atoms with Gasteiger partial charge in [0.25, 0.3) is 0 Å². The highest BCUT2D eigenvalue weighted by atomic mass is 19.4. The van der Waals surface area contributed by atoms with Crippen LogP contribution < -0.4 is 4.74 Å². The second-order valence-electron chi connectivity index (χ2n) is 4.94. The Kier molecular flexibility index (Phi) is 4.20. The molecule has 1 N–H and O–H groups in total. The van der Waals surface area contributed by atoms with E-state index < -0.39 is 23.6 Å². The van der Waals surface area contributed by atoms with E-state index in [0.717, 1.165) is 25.3 Å². The number of aliphatic carboxylic acids is 1.